The van der Waals surface area contributed by atoms with Crippen molar-refractivity contribution in [2.24, 2.45) is 0 Å². The summed E-state index contributed by atoms with van der Waals surface area (Å²) in [5.41, 5.74) is -0.536. The van der Waals surface area contributed by atoms with Gasteiger partial charge >= 0.3 is 12.2 Å². The number of piperazine rings is 1. The largest absolute Gasteiger partial charge is 0.417 e. The topological polar surface area (TPSA) is 44.4 Å². The monoisotopic (exact) mass is 359 g/mol. The number of rotatable bonds is 1. The molecule has 2 amide bonds. The highest BCUT2D eigenvalue weighted by Crippen LogP contribution is 2.34. The van der Waals surface area contributed by atoms with Crippen molar-refractivity contribution in [3.63, 3.8) is 0 Å². The van der Waals surface area contributed by atoms with Crippen molar-refractivity contribution in [1.29, 1.82) is 0 Å². The standard InChI is InChI=1S/C16H17ClF3N3O/c1-11(22-15(24)23-8-6-21-7-9-23)2-3-12-4-5-13(14(17)10-12)16(18,19)20/h4-5,10-11,21H,6-9H2,1H3,(H,22,24). The molecule has 4 nitrogen and oxygen atoms in total. The summed E-state index contributed by atoms with van der Waals surface area (Å²) in [5, 5.41) is 5.49. The lowest BCUT2D eigenvalue weighted by Gasteiger charge is -2.28. The molecular formula is C16H17ClF3N3O. The molecule has 1 aromatic carbocycles. The van der Waals surface area contributed by atoms with E-state index in [9.17, 15) is 18.0 Å². The molecule has 1 aliphatic rings. The molecule has 0 spiro atoms. The summed E-state index contributed by atoms with van der Waals surface area (Å²) in [5.74, 6) is 5.52. The highest BCUT2D eigenvalue weighted by atomic mass is 35.5. The summed E-state index contributed by atoms with van der Waals surface area (Å²) in [6.07, 6.45) is -4.49. The van der Waals surface area contributed by atoms with Crippen LogP contribution in [-0.2, 0) is 6.18 Å². The molecule has 1 saturated heterocycles. The Bertz CT molecular complexity index is 661. The molecule has 8 heteroatoms. The summed E-state index contributed by atoms with van der Waals surface area (Å²) in [7, 11) is 0. The molecule has 0 aliphatic carbocycles. The van der Waals surface area contributed by atoms with Gasteiger partial charge in [-0.2, -0.15) is 13.2 Å². The normalized spacial score (nSPS) is 16.1. The zero-order valence-corrected chi connectivity index (χ0v) is 13.8. The van der Waals surface area contributed by atoms with E-state index < -0.39 is 22.8 Å². The van der Waals surface area contributed by atoms with Crippen LogP contribution >= 0.6 is 11.6 Å². The Labute approximate surface area is 143 Å². The summed E-state index contributed by atoms with van der Waals surface area (Å²) in [6, 6.07) is 2.68. The minimum absolute atomic E-state index is 0.205. The number of carbonyl (C=O) groups is 1. The van der Waals surface area contributed by atoms with Crippen molar-refractivity contribution >= 4 is 17.6 Å². The van der Waals surface area contributed by atoms with Crippen LogP contribution in [0.15, 0.2) is 18.2 Å². The number of benzene rings is 1. The number of alkyl halides is 3. The molecular weight excluding hydrogens is 343 g/mol. The first-order valence-corrected chi connectivity index (χ1v) is 7.79. The molecule has 2 rings (SSSR count). The number of amides is 2. The Morgan fingerprint density at radius 1 is 1.38 bits per heavy atom. The van der Waals surface area contributed by atoms with Gasteiger partial charge in [-0.15, -0.1) is 0 Å². The number of carbonyl (C=O) groups excluding carboxylic acids is 1. The maximum atomic E-state index is 12.6. The van der Waals surface area contributed by atoms with Crippen LogP contribution in [0.4, 0.5) is 18.0 Å². The zero-order valence-electron chi connectivity index (χ0n) is 13.0. The second kappa shape index (κ2) is 7.77. The van der Waals surface area contributed by atoms with E-state index in [4.69, 9.17) is 11.6 Å². The lowest BCUT2D eigenvalue weighted by molar-refractivity contribution is -0.137. The van der Waals surface area contributed by atoms with Crippen LogP contribution in [-0.4, -0.2) is 43.2 Å². The number of hydrogen-bond donors (Lipinski definition) is 2. The maximum absolute atomic E-state index is 12.6. The maximum Gasteiger partial charge on any atom is 0.417 e. The fourth-order valence-electron chi connectivity index (χ4n) is 2.19. The van der Waals surface area contributed by atoms with Crippen LogP contribution < -0.4 is 10.6 Å². The Morgan fingerprint density at radius 2 is 2.04 bits per heavy atom. The first-order valence-electron chi connectivity index (χ1n) is 7.42. The molecule has 1 aliphatic heterocycles. The molecule has 1 heterocycles. The highest BCUT2D eigenvalue weighted by Gasteiger charge is 2.32. The quantitative estimate of drug-likeness (QED) is 0.757. The number of halogens is 4. The van der Waals surface area contributed by atoms with E-state index >= 15 is 0 Å². The minimum Gasteiger partial charge on any atom is -0.325 e. The molecule has 130 valence electrons. The minimum atomic E-state index is -4.49. The summed E-state index contributed by atoms with van der Waals surface area (Å²) in [6.45, 7) is 4.45. The van der Waals surface area contributed by atoms with Gasteiger partial charge in [-0.05, 0) is 25.1 Å². The molecule has 0 saturated carbocycles. The molecule has 0 radical (unpaired) electrons. The van der Waals surface area contributed by atoms with E-state index in [1.165, 1.54) is 12.1 Å². The van der Waals surface area contributed by atoms with Crippen LogP contribution in [0.1, 0.15) is 18.1 Å². The Hall–Kier alpha value is -1.91. The van der Waals surface area contributed by atoms with Gasteiger partial charge < -0.3 is 15.5 Å². The van der Waals surface area contributed by atoms with Gasteiger partial charge in [0.2, 0.25) is 0 Å². The number of nitrogens with one attached hydrogen (secondary N) is 2. The summed E-state index contributed by atoms with van der Waals surface area (Å²) < 4.78 is 37.9. The van der Waals surface area contributed by atoms with Crippen molar-refractivity contribution in [2.75, 3.05) is 26.2 Å². The van der Waals surface area contributed by atoms with E-state index in [-0.39, 0.29) is 6.03 Å². The molecule has 0 bridgehead atoms. The van der Waals surface area contributed by atoms with E-state index in [1.54, 1.807) is 11.8 Å². The van der Waals surface area contributed by atoms with Gasteiger partial charge in [-0.1, -0.05) is 23.4 Å². The number of urea groups is 1. The van der Waals surface area contributed by atoms with Crippen molar-refractivity contribution in [3.8, 4) is 11.8 Å². The third kappa shape index (κ3) is 5.05. The van der Waals surface area contributed by atoms with Crippen LogP contribution in [0, 0.1) is 11.8 Å². The fourth-order valence-corrected chi connectivity index (χ4v) is 2.48. The molecule has 1 fully saturated rings. The molecule has 0 aromatic heterocycles. The van der Waals surface area contributed by atoms with Crippen molar-refractivity contribution in [2.45, 2.75) is 19.1 Å². The summed E-state index contributed by atoms with van der Waals surface area (Å²) >= 11 is 5.65. The van der Waals surface area contributed by atoms with E-state index in [0.29, 0.717) is 18.7 Å². The molecule has 1 unspecified atom stereocenters. The van der Waals surface area contributed by atoms with Crippen LogP contribution in [0.2, 0.25) is 5.02 Å². The Balaban J connectivity index is 1.98. The van der Waals surface area contributed by atoms with Crippen molar-refractivity contribution < 1.29 is 18.0 Å². The fraction of sp³-hybridized carbons (Fsp3) is 0.438. The van der Waals surface area contributed by atoms with Gasteiger partial charge in [0.05, 0.1) is 16.6 Å². The summed E-state index contributed by atoms with van der Waals surface area (Å²) in [4.78, 5) is 13.7. The van der Waals surface area contributed by atoms with E-state index in [2.05, 4.69) is 22.5 Å². The first kappa shape index (κ1) is 18.4. The average molecular weight is 360 g/mol. The molecule has 2 N–H and O–H groups in total. The van der Waals surface area contributed by atoms with Crippen molar-refractivity contribution in [3.05, 3.63) is 34.3 Å². The van der Waals surface area contributed by atoms with Gasteiger partial charge in [0.15, 0.2) is 0 Å². The predicted molar refractivity (Wildman–Crippen MR) is 85.8 cm³/mol. The first-order chi connectivity index (χ1) is 11.3. The number of nitrogens with zero attached hydrogens (tertiary/aromatic N) is 1. The Morgan fingerprint density at radius 3 is 2.62 bits per heavy atom. The lowest BCUT2D eigenvalue weighted by Crippen LogP contribution is -2.51. The molecule has 24 heavy (non-hydrogen) atoms. The number of hydrogen-bond acceptors (Lipinski definition) is 2. The zero-order chi connectivity index (χ0) is 17.7. The van der Waals surface area contributed by atoms with Gasteiger partial charge in [-0.25, -0.2) is 4.79 Å². The highest BCUT2D eigenvalue weighted by molar-refractivity contribution is 6.31. The van der Waals surface area contributed by atoms with Crippen LogP contribution in [0.5, 0.6) is 0 Å². The second-order valence-corrected chi connectivity index (χ2v) is 5.78. The lowest BCUT2D eigenvalue weighted by atomic mass is 10.1. The SMILES string of the molecule is CC(C#Cc1ccc(C(F)(F)F)c(Cl)c1)NC(=O)N1CCNCC1. The molecule has 1 atom stereocenters. The second-order valence-electron chi connectivity index (χ2n) is 5.37. The van der Waals surface area contributed by atoms with Gasteiger partial charge in [0.1, 0.15) is 0 Å². The smallest absolute Gasteiger partial charge is 0.325 e. The third-order valence-corrected chi connectivity index (χ3v) is 3.76. The van der Waals surface area contributed by atoms with Crippen molar-refractivity contribution in [1.82, 2.24) is 15.5 Å². The van der Waals surface area contributed by atoms with Gasteiger partial charge in [-0.3, -0.25) is 0 Å². The van der Waals surface area contributed by atoms with Crippen LogP contribution in [0.3, 0.4) is 0 Å². The van der Waals surface area contributed by atoms with Gasteiger partial charge in [0.25, 0.3) is 0 Å². The Kier molecular flexibility index (Phi) is 5.97. The van der Waals surface area contributed by atoms with Crippen LogP contribution in [0.25, 0.3) is 0 Å². The predicted octanol–water partition coefficient (Wildman–Crippen LogP) is 2.71. The molecule has 1 aromatic rings. The van der Waals surface area contributed by atoms with E-state index in [0.717, 1.165) is 19.2 Å². The average Bonchev–Trinajstić information content (AvgIpc) is 2.52. The van der Waals surface area contributed by atoms with Gasteiger partial charge in [0, 0.05) is 31.7 Å². The third-order valence-electron chi connectivity index (χ3n) is 3.45. The van der Waals surface area contributed by atoms with E-state index in [1.807, 2.05) is 0 Å².